The second-order valence-corrected chi connectivity index (χ2v) is 11.3. The average molecular weight is 648 g/mol. The van der Waals surface area contributed by atoms with Gasteiger partial charge < -0.3 is 30.2 Å². The summed E-state index contributed by atoms with van der Waals surface area (Å²) >= 11 is 6.22. The monoisotopic (exact) mass is 647 g/mol. The van der Waals surface area contributed by atoms with Gasteiger partial charge in [-0.15, -0.1) is 0 Å². The number of nitrogens with one attached hydrogen (secondary N) is 4. The number of ether oxygens (including phenoxy) is 3. The van der Waals surface area contributed by atoms with Gasteiger partial charge in [-0.25, -0.2) is 32.9 Å². The number of amides is 5. The fourth-order valence-electron chi connectivity index (χ4n) is 6.04. The summed E-state index contributed by atoms with van der Waals surface area (Å²) in [6, 6.07) is 4.96. The number of fused-ring (bicyclic) bond motifs is 2. The number of imide groups is 1. The quantitative estimate of drug-likeness (QED) is 0.243. The number of methoxy groups -OCH3 is 2. The van der Waals surface area contributed by atoms with Gasteiger partial charge >= 0.3 is 24.1 Å². The van der Waals surface area contributed by atoms with Gasteiger partial charge in [0.05, 0.1) is 30.7 Å². The van der Waals surface area contributed by atoms with E-state index in [-0.39, 0.29) is 36.0 Å². The molecule has 4 N–H and O–H groups in total. The molecule has 1 saturated carbocycles. The molecule has 0 radical (unpaired) electrons. The molecule has 5 rings (SSSR count). The maximum Gasteiger partial charge on any atom is 0.412 e. The van der Waals surface area contributed by atoms with Gasteiger partial charge in [0.2, 0.25) is 0 Å². The van der Waals surface area contributed by atoms with E-state index in [0.29, 0.717) is 42.9 Å². The van der Waals surface area contributed by atoms with E-state index in [1.807, 2.05) is 6.07 Å². The largest absolute Gasteiger partial charge is 0.466 e. The molecule has 0 saturated heterocycles. The summed E-state index contributed by atoms with van der Waals surface area (Å²) in [5.41, 5.74) is 0.559. The number of urea groups is 2. The Morgan fingerprint density at radius 1 is 1.07 bits per heavy atom. The molecular weight excluding hydrogens is 616 g/mol. The SMILES string of the molecule is COCC1=C(C(=O)OC)C(c2ccc(F)c(F)c2)N(C(=O)NCCNC2CCC3(CC2)OC(=O)Nc2ccc(Cl)cc23)C(=O)N1. The summed E-state index contributed by atoms with van der Waals surface area (Å²) in [7, 11) is 2.46. The first-order chi connectivity index (χ1) is 21.6. The van der Waals surface area contributed by atoms with Crippen LogP contribution >= 0.6 is 11.6 Å². The number of hydrogen-bond donors (Lipinski definition) is 4. The van der Waals surface area contributed by atoms with Crippen molar-refractivity contribution in [1.29, 1.82) is 0 Å². The number of halogens is 3. The van der Waals surface area contributed by atoms with Crippen molar-refractivity contribution < 1.29 is 42.2 Å². The molecule has 1 aliphatic carbocycles. The standard InChI is InChI=1S/C30H32ClF2N5O7/c1-43-15-23-24(26(39)44-2)25(16-3-5-20(32)21(33)13-16)38(28(41)36-23)27(40)35-12-11-34-18-7-9-30(10-8-18)19-14-17(31)4-6-22(19)37-29(42)45-30/h3-6,13-14,18,25,34H,7-12,15H2,1-2H3,(H,35,40)(H,36,41)(H,37,42). The summed E-state index contributed by atoms with van der Waals surface area (Å²) in [5, 5.41) is 11.7. The smallest absolute Gasteiger partial charge is 0.412 e. The molecule has 1 atom stereocenters. The Hall–Kier alpha value is -4.27. The zero-order valence-corrected chi connectivity index (χ0v) is 25.3. The average Bonchev–Trinajstić information content (AvgIpc) is 3.01. The number of esters is 1. The Labute approximate surface area is 262 Å². The van der Waals surface area contributed by atoms with Gasteiger partial charge in [-0.2, -0.15) is 0 Å². The number of benzene rings is 2. The molecule has 15 heteroatoms. The van der Waals surface area contributed by atoms with Crippen LogP contribution in [-0.4, -0.2) is 69.0 Å². The third-order valence-corrected chi connectivity index (χ3v) is 8.37. The summed E-state index contributed by atoms with van der Waals surface area (Å²) in [6.45, 7) is 0.203. The lowest BCUT2D eigenvalue weighted by molar-refractivity contribution is -0.137. The summed E-state index contributed by atoms with van der Waals surface area (Å²) in [5.74, 6) is -3.25. The molecule has 240 valence electrons. The van der Waals surface area contributed by atoms with Crippen LogP contribution in [0.3, 0.4) is 0 Å². The van der Waals surface area contributed by atoms with Crippen LogP contribution in [0.25, 0.3) is 0 Å². The van der Waals surface area contributed by atoms with Crippen molar-refractivity contribution >= 4 is 41.4 Å². The molecule has 1 unspecified atom stereocenters. The van der Waals surface area contributed by atoms with E-state index in [9.17, 15) is 28.0 Å². The summed E-state index contributed by atoms with van der Waals surface area (Å²) in [4.78, 5) is 52.3. The molecule has 12 nitrogen and oxygen atoms in total. The first-order valence-corrected chi connectivity index (χ1v) is 14.6. The number of anilines is 1. The molecule has 5 amide bonds. The van der Waals surface area contributed by atoms with E-state index < -0.39 is 47.4 Å². The normalized spacial score (nSPS) is 22.7. The van der Waals surface area contributed by atoms with Gasteiger partial charge in [0.25, 0.3) is 0 Å². The minimum atomic E-state index is -1.43. The van der Waals surface area contributed by atoms with Gasteiger partial charge in [-0.1, -0.05) is 17.7 Å². The van der Waals surface area contributed by atoms with Crippen molar-refractivity contribution in [2.24, 2.45) is 0 Å². The Morgan fingerprint density at radius 2 is 1.82 bits per heavy atom. The number of hydrogen-bond acceptors (Lipinski definition) is 8. The molecular formula is C30H32ClF2N5O7. The van der Waals surface area contributed by atoms with Crippen molar-refractivity contribution in [3.05, 3.63) is 75.5 Å². The Balaban J connectivity index is 1.24. The van der Waals surface area contributed by atoms with E-state index in [4.69, 9.17) is 25.8 Å². The van der Waals surface area contributed by atoms with Crippen molar-refractivity contribution in [2.45, 2.75) is 43.4 Å². The van der Waals surface area contributed by atoms with Crippen LogP contribution in [0.4, 0.5) is 28.9 Å². The molecule has 2 aromatic carbocycles. The highest BCUT2D eigenvalue weighted by atomic mass is 35.5. The van der Waals surface area contributed by atoms with E-state index in [2.05, 4.69) is 21.3 Å². The molecule has 1 fully saturated rings. The topological polar surface area (TPSA) is 147 Å². The first-order valence-electron chi connectivity index (χ1n) is 14.2. The molecule has 1 spiro atoms. The van der Waals surface area contributed by atoms with Crippen LogP contribution < -0.4 is 21.3 Å². The zero-order chi connectivity index (χ0) is 32.3. The van der Waals surface area contributed by atoms with Gasteiger partial charge in [0.1, 0.15) is 11.6 Å². The first kappa shape index (κ1) is 32.1. The molecule has 0 bridgehead atoms. The Kier molecular flexibility index (Phi) is 9.56. The van der Waals surface area contributed by atoms with E-state index in [0.717, 1.165) is 29.7 Å². The summed E-state index contributed by atoms with van der Waals surface area (Å²) < 4.78 is 43.8. The van der Waals surface area contributed by atoms with Crippen molar-refractivity contribution in [3.63, 3.8) is 0 Å². The van der Waals surface area contributed by atoms with Gasteiger partial charge in [-0.3, -0.25) is 5.32 Å². The number of carbonyl (C=O) groups is 4. The Morgan fingerprint density at radius 3 is 2.51 bits per heavy atom. The van der Waals surface area contributed by atoms with E-state index >= 15 is 0 Å². The van der Waals surface area contributed by atoms with Gasteiger partial charge in [0.15, 0.2) is 11.6 Å². The minimum Gasteiger partial charge on any atom is -0.466 e. The van der Waals surface area contributed by atoms with Crippen molar-refractivity contribution in [1.82, 2.24) is 20.9 Å². The lowest BCUT2D eigenvalue weighted by Gasteiger charge is -2.43. The fraction of sp³-hybridized carbons (Fsp3) is 0.400. The van der Waals surface area contributed by atoms with Gasteiger partial charge in [0, 0.05) is 36.8 Å². The maximum absolute atomic E-state index is 14.3. The number of carbonyl (C=O) groups excluding carboxylic acids is 4. The molecule has 45 heavy (non-hydrogen) atoms. The molecule has 2 heterocycles. The second kappa shape index (κ2) is 13.4. The predicted molar refractivity (Wildman–Crippen MR) is 157 cm³/mol. The zero-order valence-electron chi connectivity index (χ0n) is 24.5. The molecule has 2 aliphatic heterocycles. The fourth-order valence-corrected chi connectivity index (χ4v) is 6.21. The van der Waals surface area contributed by atoms with E-state index in [1.165, 1.54) is 13.2 Å². The minimum absolute atomic E-state index is 0.0224. The highest BCUT2D eigenvalue weighted by Gasteiger charge is 2.45. The molecule has 3 aliphatic rings. The number of nitrogens with zero attached hydrogens (tertiary/aromatic N) is 1. The van der Waals surface area contributed by atoms with Crippen LogP contribution in [0.1, 0.15) is 42.9 Å². The lowest BCUT2D eigenvalue weighted by atomic mass is 9.76. The van der Waals surface area contributed by atoms with Crippen LogP contribution in [0.5, 0.6) is 0 Å². The van der Waals surface area contributed by atoms with E-state index in [1.54, 1.807) is 12.1 Å². The van der Waals surface area contributed by atoms with Crippen LogP contribution in [-0.2, 0) is 24.6 Å². The van der Waals surface area contributed by atoms with Crippen LogP contribution in [0.2, 0.25) is 5.02 Å². The molecule has 0 aromatic heterocycles. The lowest BCUT2D eigenvalue weighted by Crippen LogP contribution is -2.55. The summed E-state index contributed by atoms with van der Waals surface area (Å²) in [6.07, 6.45) is 1.97. The maximum atomic E-state index is 14.3. The molecule has 2 aromatic rings. The Bertz CT molecular complexity index is 1550. The van der Waals surface area contributed by atoms with Crippen LogP contribution in [0, 0.1) is 11.6 Å². The van der Waals surface area contributed by atoms with Gasteiger partial charge in [-0.05, 0) is 61.6 Å². The van der Waals surface area contributed by atoms with Crippen molar-refractivity contribution in [2.75, 3.05) is 39.2 Å². The van der Waals surface area contributed by atoms with Crippen molar-refractivity contribution in [3.8, 4) is 0 Å². The highest BCUT2D eigenvalue weighted by Crippen LogP contribution is 2.47. The van der Waals surface area contributed by atoms with Crippen LogP contribution in [0.15, 0.2) is 47.7 Å². The number of rotatable bonds is 8. The third-order valence-electron chi connectivity index (χ3n) is 8.13. The second-order valence-electron chi connectivity index (χ2n) is 10.9. The highest BCUT2D eigenvalue weighted by molar-refractivity contribution is 6.30. The third kappa shape index (κ3) is 6.58. The predicted octanol–water partition coefficient (Wildman–Crippen LogP) is 4.46.